The number of aromatic nitrogens is 2. The number of nitrogens with zero attached hydrogens (tertiary/aromatic N) is 1. The first-order chi connectivity index (χ1) is 9.79. The van der Waals surface area contributed by atoms with Gasteiger partial charge in [-0.1, -0.05) is 13.8 Å². The van der Waals surface area contributed by atoms with Gasteiger partial charge in [0.15, 0.2) is 5.03 Å². The minimum absolute atomic E-state index is 0.127. The highest BCUT2D eigenvalue weighted by atomic mass is 32.2. The first kappa shape index (κ1) is 17.6. The minimum Gasteiger partial charge on any atom is -0.462 e. The maximum Gasteiger partial charge on any atom is 0.342 e. The molecule has 0 unspecified atom stereocenters. The molecular formula is C12H21N3O5S. The lowest BCUT2D eigenvalue weighted by Gasteiger charge is -2.25. The van der Waals surface area contributed by atoms with Crippen molar-refractivity contribution in [1.29, 1.82) is 0 Å². The summed E-state index contributed by atoms with van der Waals surface area (Å²) in [5, 5.41) is 15.6. The van der Waals surface area contributed by atoms with Crippen molar-refractivity contribution < 1.29 is 23.1 Å². The average molecular weight is 319 g/mol. The van der Waals surface area contributed by atoms with Gasteiger partial charge in [0, 0.05) is 6.54 Å². The van der Waals surface area contributed by atoms with E-state index in [1.54, 1.807) is 20.8 Å². The number of esters is 1. The van der Waals surface area contributed by atoms with Crippen LogP contribution >= 0.6 is 0 Å². The lowest BCUT2D eigenvalue weighted by Crippen LogP contribution is -2.42. The van der Waals surface area contributed by atoms with Gasteiger partial charge in [0.25, 0.3) is 10.0 Å². The Morgan fingerprint density at radius 3 is 2.57 bits per heavy atom. The molecule has 0 aromatic carbocycles. The van der Waals surface area contributed by atoms with Crippen LogP contribution in [0.15, 0.2) is 11.2 Å². The highest BCUT2D eigenvalue weighted by Gasteiger charge is 2.29. The number of aliphatic hydroxyl groups is 1. The normalized spacial score (nSPS) is 12.4. The summed E-state index contributed by atoms with van der Waals surface area (Å²) in [4.78, 5) is 11.7. The highest BCUT2D eigenvalue weighted by Crippen LogP contribution is 2.17. The van der Waals surface area contributed by atoms with Gasteiger partial charge in [-0.2, -0.15) is 5.10 Å². The SMILES string of the molecule is CCOC(=O)c1cn[nH]c1S(=O)(=O)NCC(O)(CC)CC. The van der Waals surface area contributed by atoms with Crippen molar-refractivity contribution in [2.24, 2.45) is 0 Å². The third-order valence-corrected chi connectivity index (χ3v) is 4.65. The summed E-state index contributed by atoms with van der Waals surface area (Å²) in [6, 6.07) is 0. The molecule has 8 nitrogen and oxygen atoms in total. The highest BCUT2D eigenvalue weighted by molar-refractivity contribution is 7.89. The van der Waals surface area contributed by atoms with E-state index in [2.05, 4.69) is 14.9 Å². The summed E-state index contributed by atoms with van der Waals surface area (Å²) in [5.74, 6) is -0.770. The molecular weight excluding hydrogens is 298 g/mol. The standard InChI is InChI=1S/C12H21N3O5S/c1-4-12(17,5-2)8-14-21(18,19)10-9(7-13-15-10)11(16)20-6-3/h7,14,17H,4-6,8H2,1-3H3,(H,13,15). The van der Waals surface area contributed by atoms with E-state index in [4.69, 9.17) is 4.74 Å². The number of carbonyl (C=O) groups excluding carboxylic acids is 1. The first-order valence-corrected chi connectivity index (χ1v) is 8.20. The number of hydrogen-bond donors (Lipinski definition) is 3. The molecule has 0 amide bonds. The maximum atomic E-state index is 12.2. The Balaban J connectivity index is 2.94. The fourth-order valence-corrected chi connectivity index (χ4v) is 2.84. The zero-order valence-corrected chi connectivity index (χ0v) is 13.2. The van der Waals surface area contributed by atoms with Crippen molar-refractivity contribution in [3.63, 3.8) is 0 Å². The van der Waals surface area contributed by atoms with E-state index >= 15 is 0 Å². The summed E-state index contributed by atoms with van der Waals surface area (Å²) < 4.78 is 31.5. The van der Waals surface area contributed by atoms with Crippen LogP contribution in [0, 0.1) is 0 Å². The fourth-order valence-electron chi connectivity index (χ4n) is 1.63. The fraction of sp³-hybridized carbons (Fsp3) is 0.667. The second kappa shape index (κ2) is 7.01. The molecule has 3 N–H and O–H groups in total. The monoisotopic (exact) mass is 319 g/mol. The van der Waals surface area contributed by atoms with Gasteiger partial charge in [-0.15, -0.1) is 0 Å². The number of nitrogens with one attached hydrogen (secondary N) is 2. The van der Waals surface area contributed by atoms with Gasteiger partial charge in [-0.05, 0) is 19.8 Å². The molecule has 1 aromatic heterocycles. The summed E-state index contributed by atoms with van der Waals surface area (Å²) in [5.41, 5.74) is -1.29. The third kappa shape index (κ3) is 4.26. The summed E-state index contributed by atoms with van der Waals surface area (Å²) in [6.07, 6.45) is 1.90. The van der Waals surface area contributed by atoms with E-state index in [0.717, 1.165) is 6.20 Å². The van der Waals surface area contributed by atoms with Gasteiger partial charge >= 0.3 is 5.97 Å². The number of rotatable bonds is 8. The van der Waals surface area contributed by atoms with Crippen LogP contribution in [0.5, 0.6) is 0 Å². The van der Waals surface area contributed by atoms with E-state index in [1.165, 1.54) is 0 Å². The van der Waals surface area contributed by atoms with E-state index in [-0.39, 0.29) is 23.7 Å². The van der Waals surface area contributed by atoms with E-state index in [0.29, 0.717) is 12.8 Å². The predicted octanol–water partition coefficient (Wildman–Crippen LogP) is 0.416. The smallest absolute Gasteiger partial charge is 0.342 e. The molecule has 0 saturated carbocycles. The Hall–Kier alpha value is -1.45. The van der Waals surface area contributed by atoms with Gasteiger partial charge < -0.3 is 9.84 Å². The Bertz CT molecular complexity index is 577. The van der Waals surface area contributed by atoms with Gasteiger partial charge in [0.1, 0.15) is 5.56 Å². The summed E-state index contributed by atoms with van der Waals surface area (Å²) in [7, 11) is -3.99. The van der Waals surface area contributed by atoms with Crippen LogP contribution in [0.4, 0.5) is 0 Å². The molecule has 0 aliphatic rings. The molecule has 21 heavy (non-hydrogen) atoms. The van der Waals surface area contributed by atoms with Crippen LogP contribution in [0.1, 0.15) is 44.0 Å². The Kier molecular flexibility index (Phi) is 5.87. The zero-order valence-electron chi connectivity index (χ0n) is 12.3. The number of sulfonamides is 1. The molecule has 0 spiro atoms. The molecule has 1 aromatic rings. The molecule has 0 bridgehead atoms. The quantitative estimate of drug-likeness (QED) is 0.597. The van der Waals surface area contributed by atoms with Crippen molar-refractivity contribution in [2.45, 2.75) is 44.2 Å². The molecule has 1 rings (SSSR count). The van der Waals surface area contributed by atoms with E-state index in [9.17, 15) is 18.3 Å². The van der Waals surface area contributed by atoms with Crippen molar-refractivity contribution >= 4 is 16.0 Å². The molecule has 0 radical (unpaired) electrons. The van der Waals surface area contributed by atoms with Gasteiger partial charge in [0.05, 0.1) is 18.4 Å². The molecule has 0 atom stereocenters. The number of hydrogen-bond acceptors (Lipinski definition) is 6. The average Bonchev–Trinajstić information content (AvgIpc) is 2.95. The van der Waals surface area contributed by atoms with Crippen LogP contribution in [-0.4, -0.2) is 48.4 Å². The number of carbonyl (C=O) groups is 1. The molecule has 0 fully saturated rings. The van der Waals surface area contributed by atoms with Crippen LogP contribution in [0.2, 0.25) is 0 Å². The molecule has 1 heterocycles. The number of H-pyrrole nitrogens is 1. The molecule has 0 aliphatic heterocycles. The topological polar surface area (TPSA) is 121 Å². The van der Waals surface area contributed by atoms with Crippen molar-refractivity contribution in [1.82, 2.24) is 14.9 Å². The van der Waals surface area contributed by atoms with Crippen LogP contribution in [-0.2, 0) is 14.8 Å². The lowest BCUT2D eigenvalue weighted by atomic mass is 9.98. The second-order valence-electron chi connectivity index (χ2n) is 4.59. The van der Waals surface area contributed by atoms with Crippen molar-refractivity contribution in [3.8, 4) is 0 Å². The van der Waals surface area contributed by atoms with Crippen LogP contribution in [0.25, 0.3) is 0 Å². The van der Waals surface area contributed by atoms with Crippen molar-refractivity contribution in [3.05, 3.63) is 11.8 Å². The van der Waals surface area contributed by atoms with Gasteiger partial charge in [0.2, 0.25) is 0 Å². The van der Waals surface area contributed by atoms with Crippen molar-refractivity contribution in [2.75, 3.05) is 13.2 Å². The lowest BCUT2D eigenvalue weighted by molar-refractivity contribution is 0.0377. The third-order valence-electron chi connectivity index (χ3n) is 3.28. The molecule has 9 heteroatoms. The number of ether oxygens (including phenoxy) is 1. The van der Waals surface area contributed by atoms with E-state index < -0.39 is 21.6 Å². The Labute approximate surface area is 123 Å². The van der Waals surface area contributed by atoms with E-state index in [1.807, 2.05) is 0 Å². The van der Waals surface area contributed by atoms with Crippen LogP contribution < -0.4 is 4.72 Å². The van der Waals surface area contributed by atoms with Gasteiger partial charge in [-0.25, -0.2) is 17.9 Å². The number of aromatic amines is 1. The summed E-state index contributed by atoms with van der Waals surface area (Å²) in [6.45, 7) is 5.12. The first-order valence-electron chi connectivity index (χ1n) is 6.72. The molecule has 120 valence electrons. The molecule has 0 saturated heterocycles. The predicted molar refractivity (Wildman–Crippen MR) is 75.3 cm³/mol. The Morgan fingerprint density at radius 2 is 2.05 bits per heavy atom. The summed E-state index contributed by atoms with van der Waals surface area (Å²) >= 11 is 0. The largest absolute Gasteiger partial charge is 0.462 e. The maximum absolute atomic E-state index is 12.2. The Morgan fingerprint density at radius 1 is 1.43 bits per heavy atom. The molecule has 0 aliphatic carbocycles. The van der Waals surface area contributed by atoms with Crippen LogP contribution in [0.3, 0.4) is 0 Å². The zero-order chi connectivity index (χ0) is 16.1. The van der Waals surface area contributed by atoms with Gasteiger partial charge in [-0.3, -0.25) is 5.10 Å². The second-order valence-corrected chi connectivity index (χ2v) is 6.29. The minimum atomic E-state index is -3.99.